The lowest BCUT2D eigenvalue weighted by molar-refractivity contribution is 0.128. The Kier molecular flexibility index (Phi) is 5.15. The zero-order valence-electron chi connectivity index (χ0n) is 21.4. The lowest BCUT2D eigenvalue weighted by Gasteiger charge is -2.33. The van der Waals surface area contributed by atoms with Gasteiger partial charge >= 0.3 is 0 Å². The van der Waals surface area contributed by atoms with Gasteiger partial charge in [-0.1, -0.05) is 125 Å². The van der Waals surface area contributed by atoms with E-state index in [1.807, 2.05) is 54.6 Å². The minimum atomic E-state index is -1.44. The van der Waals surface area contributed by atoms with Gasteiger partial charge in [0.15, 0.2) is 0 Å². The molecule has 1 atom stereocenters. The van der Waals surface area contributed by atoms with E-state index in [0.29, 0.717) is 0 Å². The minimum Gasteiger partial charge on any atom is -0.456 e. The molecule has 7 aromatic rings. The maximum absolute atomic E-state index is 13.4. The van der Waals surface area contributed by atoms with Crippen LogP contribution in [0.2, 0.25) is 0 Å². The Morgan fingerprint density at radius 1 is 0.475 bits per heavy atom. The molecular formula is C37H23BrO2. The van der Waals surface area contributed by atoms with Crippen molar-refractivity contribution in [3.05, 3.63) is 155 Å². The largest absolute Gasteiger partial charge is 0.456 e. The van der Waals surface area contributed by atoms with Gasteiger partial charge < -0.3 is 9.52 Å². The van der Waals surface area contributed by atoms with Crippen LogP contribution in [0.3, 0.4) is 0 Å². The van der Waals surface area contributed by atoms with Gasteiger partial charge in [-0.3, -0.25) is 0 Å². The number of rotatable bonds is 2. The van der Waals surface area contributed by atoms with Crippen LogP contribution in [0.15, 0.2) is 142 Å². The van der Waals surface area contributed by atoms with Crippen molar-refractivity contribution in [3.63, 3.8) is 0 Å². The van der Waals surface area contributed by atoms with Gasteiger partial charge in [0.05, 0.1) is 0 Å². The highest BCUT2D eigenvalue weighted by molar-refractivity contribution is 9.10. The second-order valence-corrected chi connectivity index (χ2v) is 11.2. The maximum Gasteiger partial charge on any atom is 0.142 e. The molecule has 0 radical (unpaired) electrons. The molecule has 8 rings (SSSR count). The Hall–Kier alpha value is -4.44. The molecule has 0 fully saturated rings. The van der Waals surface area contributed by atoms with Gasteiger partial charge in [-0.2, -0.15) is 0 Å². The first-order valence-electron chi connectivity index (χ1n) is 13.4. The van der Waals surface area contributed by atoms with E-state index < -0.39 is 5.60 Å². The molecule has 1 unspecified atom stereocenters. The average molecular weight is 579 g/mol. The van der Waals surface area contributed by atoms with E-state index in [4.69, 9.17) is 4.42 Å². The van der Waals surface area contributed by atoms with Crippen LogP contribution >= 0.6 is 15.9 Å². The smallest absolute Gasteiger partial charge is 0.142 e. The molecule has 40 heavy (non-hydrogen) atoms. The van der Waals surface area contributed by atoms with Crippen molar-refractivity contribution < 1.29 is 9.52 Å². The summed E-state index contributed by atoms with van der Waals surface area (Å²) in [5, 5.41) is 15.5. The minimum absolute atomic E-state index is 0.826. The predicted molar refractivity (Wildman–Crippen MR) is 166 cm³/mol. The Morgan fingerprint density at radius 2 is 1.00 bits per heavy atom. The van der Waals surface area contributed by atoms with E-state index in [-0.39, 0.29) is 0 Å². The fourth-order valence-corrected chi connectivity index (χ4v) is 6.87. The highest BCUT2D eigenvalue weighted by Gasteiger charge is 2.42. The number of halogens is 1. The van der Waals surface area contributed by atoms with Crippen molar-refractivity contribution in [3.8, 4) is 33.4 Å². The van der Waals surface area contributed by atoms with E-state index in [2.05, 4.69) is 94.8 Å². The van der Waals surface area contributed by atoms with E-state index in [0.717, 1.165) is 76.5 Å². The molecule has 0 saturated heterocycles. The summed E-state index contributed by atoms with van der Waals surface area (Å²) in [4.78, 5) is 0. The Morgan fingerprint density at radius 3 is 1.73 bits per heavy atom. The summed E-state index contributed by atoms with van der Waals surface area (Å²) in [5.74, 6) is 0. The summed E-state index contributed by atoms with van der Waals surface area (Å²) in [6.45, 7) is 0. The Balaban J connectivity index is 1.52. The average Bonchev–Trinajstić information content (AvgIpc) is 3.36. The first-order chi connectivity index (χ1) is 19.6. The van der Waals surface area contributed by atoms with Gasteiger partial charge in [0.2, 0.25) is 0 Å². The molecular weight excluding hydrogens is 556 g/mol. The van der Waals surface area contributed by atoms with Crippen LogP contribution in [0.25, 0.3) is 55.3 Å². The van der Waals surface area contributed by atoms with Gasteiger partial charge in [0.25, 0.3) is 0 Å². The van der Waals surface area contributed by atoms with Crippen LogP contribution in [0, 0.1) is 0 Å². The van der Waals surface area contributed by atoms with Crippen molar-refractivity contribution in [2.45, 2.75) is 5.60 Å². The van der Waals surface area contributed by atoms with Gasteiger partial charge in [-0.25, -0.2) is 0 Å². The first kappa shape index (κ1) is 23.4. The zero-order valence-corrected chi connectivity index (χ0v) is 23.0. The fraction of sp³-hybridized carbons (Fsp3) is 0.0270. The van der Waals surface area contributed by atoms with E-state index in [1.54, 1.807) is 0 Å². The van der Waals surface area contributed by atoms with Gasteiger partial charge in [-0.05, 0) is 57.6 Å². The van der Waals surface area contributed by atoms with Crippen LogP contribution < -0.4 is 0 Å². The number of hydrogen-bond donors (Lipinski definition) is 1. The van der Waals surface area contributed by atoms with E-state index in [1.165, 1.54) is 0 Å². The van der Waals surface area contributed by atoms with Crippen molar-refractivity contribution in [1.82, 2.24) is 0 Å². The summed E-state index contributed by atoms with van der Waals surface area (Å²) >= 11 is 3.71. The van der Waals surface area contributed by atoms with Crippen LogP contribution in [-0.4, -0.2) is 5.11 Å². The third-order valence-electron chi connectivity index (χ3n) is 8.21. The van der Waals surface area contributed by atoms with Crippen molar-refractivity contribution in [2.24, 2.45) is 0 Å². The normalized spacial score (nSPS) is 15.8. The monoisotopic (exact) mass is 578 g/mol. The first-order valence-corrected chi connectivity index (χ1v) is 14.2. The number of fused-ring (bicyclic) bond motifs is 8. The Bertz CT molecular complexity index is 2100. The number of benzene rings is 6. The standard InChI is InChI=1S/C37H23BrO2/c38-23-20-21-28-25-11-2-1-10-24(25)26-12-3-6-16-31(26)37(39,33(28)22-23)32-17-7-4-13-27(32)29-15-9-19-35-36(29)30-14-5-8-18-34(30)40-35/h1-22,39H. The molecule has 1 aliphatic rings. The zero-order chi connectivity index (χ0) is 26.8. The highest BCUT2D eigenvalue weighted by Crippen LogP contribution is 2.53. The molecule has 0 amide bonds. The van der Waals surface area contributed by atoms with Gasteiger partial charge in [-0.15, -0.1) is 0 Å². The molecule has 0 aliphatic heterocycles. The predicted octanol–water partition coefficient (Wildman–Crippen LogP) is 9.95. The van der Waals surface area contributed by atoms with Crippen LogP contribution in [0.1, 0.15) is 16.7 Å². The number of hydrogen-bond acceptors (Lipinski definition) is 2. The maximum atomic E-state index is 13.4. The second-order valence-electron chi connectivity index (χ2n) is 10.3. The lowest BCUT2D eigenvalue weighted by Crippen LogP contribution is -2.30. The molecule has 0 saturated carbocycles. The molecule has 6 aromatic carbocycles. The van der Waals surface area contributed by atoms with Gasteiger partial charge in [0.1, 0.15) is 16.8 Å². The Labute approximate surface area is 240 Å². The topological polar surface area (TPSA) is 33.4 Å². The highest BCUT2D eigenvalue weighted by atomic mass is 79.9. The van der Waals surface area contributed by atoms with Crippen LogP contribution in [-0.2, 0) is 5.60 Å². The fourth-order valence-electron chi connectivity index (χ4n) is 6.50. The van der Waals surface area contributed by atoms with E-state index in [9.17, 15) is 5.11 Å². The summed E-state index contributed by atoms with van der Waals surface area (Å²) in [5.41, 5.74) is 9.02. The quantitative estimate of drug-likeness (QED) is 0.221. The third kappa shape index (κ3) is 3.25. The van der Waals surface area contributed by atoms with Crippen molar-refractivity contribution >= 4 is 37.9 Å². The molecule has 1 aliphatic carbocycles. The molecule has 0 bridgehead atoms. The molecule has 0 spiro atoms. The summed E-state index contributed by atoms with van der Waals surface area (Å²) in [6, 6.07) is 45.5. The number of para-hydroxylation sites is 1. The summed E-state index contributed by atoms with van der Waals surface area (Å²) < 4.78 is 7.17. The molecule has 1 N–H and O–H groups in total. The lowest BCUT2D eigenvalue weighted by atomic mass is 9.75. The third-order valence-corrected chi connectivity index (χ3v) is 8.70. The second kappa shape index (κ2) is 8.79. The SMILES string of the molecule is OC1(c2ccccc2-c2cccc3oc4ccccc4c23)c2ccccc2-c2ccccc2-c2ccc(Br)cc21. The summed E-state index contributed by atoms with van der Waals surface area (Å²) in [7, 11) is 0. The van der Waals surface area contributed by atoms with Gasteiger partial charge in [0, 0.05) is 31.9 Å². The number of aliphatic hydroxyl groups is 1. The molecule has 1 heterocycles. The molecule has 1 aromatic heterocycles. The van der Waals surface area contributed by atoms with Crippen molar-refractivity contribution in [1.29, 1.82) is 0 Å². The molecule has 2 nitrogen and oxygen atoms in total. The van der Waals surface area contributed by atoms with Crippen molar-refractivity contribution in [2.75, 3.05) is 0 Å². The van der Waals surface area contributed by atoms with E-state index >= 15 is 0 Å². The van der Waals surface area contributed by atoms with Crippen LogP contribution in [0.5, 0.6) is 0 Å². The van der Waals surface area contributed by atoms with Crippen LogP contribution in [0.4, 0.5) is 0 Å². The summed E-state index contributed by atoms with van der Waals surface area (Å²) in [6.07, 6.45) is 0. The molecule has 3 heteroatoms. The molecule has 190 valence electrons. The number of furan rings is 1.